The lowest BCUT2D eigenvalue weighted by Crippen LogP contribution is -2.15. The first-order chi connectivity index (χ1) is 8.04. The molecule has 2 unspecified atom stereocenters. The second-order valence-corrected chi connectivity index (χ2v) is 4.56. The molecule has 0 aromatic rings. The fraction of sp³-hybridized carbons (Fsp3) is 0.692. The van der Waals surface area contributed by atoms with Crippen LogP contribution >= 0.6 is 0 Å². The van der Waals surface area contributed by atoms with E-state index in [1.165, 1.54) is 5.57 Å². The van der Waals surface area contributed by atoms with Gasteiger partial charge in [-0.3, -0.25) is 0 Å². The number of ether oxygens (including phenoxy) is 1. The maximum Gasteiger partial charge on any atom is 0.387 e. The van der Waals surface area contributed by atoms with Gasteiger partial charge in [0.25, 0.3) is 0 Å². The maximum atomic E-state index is 12.2. The van der Waals surface area contributed by atoms with Gasteiger partial charge in [0, 0.05) is 0 Å². The molecule has 0 saturated carbocycles. The van der Waals surface area contributed by atoms with Crippen molar-refractivity contribution in [2.75, 3.05) is 6.54 Å². The molecule has 0 spiro atoms. The van der Waals surface area contributed by atoms with Gasteiger partial charge < -0.3 is 10.5 Å². The van der Waals surface area contributed by atoms with E-state index in [1.54, 1.807) is 12.2 Å². The Labute approximate surface area is 102 Å². The van der Waals surface area contributed by atoms with Crippen molar-refractivity contribution in [2.45, 2.75) is 39.7 Å². The molecule has 1 aliphatic carbocycles. The molecule has 0 fully saturated rings. The van der Waals surface area contributed by atoms with Crippen LogP contribution in [0.5, 0.6) is 0 Å². The molecule has 0 aromatic heterocycles. The minimum absolute atomic E-state index is 0.238. The Morgan fingerprint density at radius 1 is 1.35 bits per heavy atom. The van der Waals surface area contributed by atoms with E-state index in [1.807, 2.05) is 6.92 Å². The molecule has 1 aliphatic rings. The van der Waals surface area contributed by atoms with Crippen molar-refractivity contribution in [3.8, 4) is 0 Å². The van der Waals surface area contributed by atoms with Crippen LogP contribution in [-0.2, 0) is 4.74 Å². The van der Waals surface area contributed by atoms with Crippen LogP contribution in [0.2, 0.25) is 0 Å². The van der Waals surface area contributed by atoms with Gasteiger partial charge in [-0.15, -0.1) is 0 Å². The number of unbranched alkanes of at least 4 members (excludes halogenated alkanes) is 1. The molecule has 0 aliphatic heterocycles. The van der Waals surface area contributed by atoms with E-state index in [0.717, 1.165) is 19.3 Å². The van der Waals surface area contributed by atoms with E-state index < -0.39 is 6.61 Å². The van der Waals surface area contributed by atoms with E-state index >= 15 is 0 Å². The van der Waals surface area contributed by atoms with Gasteiger partial charge in [-0.2, -0.15) is 8.78 Å². The van der Waals surface area contributed by atoms with Crippen LogP contribution < -0.4 is 5.73 Å². The van der Waals surface area contributed by atoms with Crippen molar-refractivity contribution < 1.29 is 13.5 Å². The lowest BCUT2D eigenvalue weighted by molar-refractivity contribution is -0.0930. The smallest absolute Gasteiger partial charge is 0.387 e. The highest BCUT2D eigenvalue weighted by molar-refractivity contribution is 5.27. The number of rotatable bonds is 6. The number of allylic oxidation sites excluding steroid dienone is 3. The number of hydrogen-bond acceptors (Lipinski definition) is 2. The van der Waals surface area contributed by atoms with Gasteiger partial charge in [0.1, 0.15) is 5.76 Å². The molecular formula is C13H21F2NO. The van der Waals surface area contributed by atoms with Crippen LogP contribution in [0.25, 0.3) is 0 Å². The number of alkyl halides is 2. The minimum atomic E-state index is -2.75. The van der Waals surface area contributed by atoms with Crippen molar-refractivity contribution in [3.05, 3.63) is 23.5 Å². The maximum absolute atomic E-state index is 12.2. The zero-order chi connectivity index (χ0) is 12.8. The largest absolute Gasteiger partial charge is 0.435 e. The molecular weight excluding hydrogens is 224 g/mol. The Morgan fingerprint density at radius 3 is 2.65 bits per heavy atom. The summed E-state index contributed by atoms with van der Waals surface area (Å²) in [7, 11) is 0. The molecule has 0 aromatic carbocycles. The monoisotopic (exact) mass is 245 g/mol. The Balaban J connectivity index is 2.64. The highest BCUT2D eigenvalue weighted by Crippen LogP contribution is 2.32. The van der Waals surface area contributed by atoms with Crippen LogP contribution in [0.4, 0.5) is 8.78 Å². The van der Waals surface area contributed by atoms with Gasteiger partial charge in [0.05, 0.1) is 0 Å². The summed E-state index contributed by atoms with van der Waals surface area (Å²) in [6.07, 6.45) is 6.40. The summed E-state index contributed by atoms with van der Waals surface area (Å²) in [4.78, 5) is 0. The summed E-state index contributed by atoms with van der Waals surface area (Å²) in [5.41, 5.74) is 6.63. The third kappa shape index (κ3) is 4.46. The molecule has 2 nitrogen and oxygen atoms in total. The standard InChI is InChI=1S/C13H21F2NO/c1-9-7-12(17-13(14)15)8-11(10(9)2)5-3-4-6-16/h7-10,13H,3-6,16H2,1-2H3. The fourth-order valence-corrected chi connectivity index (χ4v) is 2.05. The van der Waals surface area contributed by atoms with Crippen LogP contribution in [-0.4, -0.2) is 13.2 Å². The Hall–Kier alpha value is -0.900. The molecule has 0 radical (unpaired) electrons. The van der Waals surface area contributed by atoms with Gasteiger partial charge >= 0.3 is 6.61 Å². The summed E-state index contributed by atoms with van der Waals surface area (Å²) in [5.74, 6) is 0.924. The predicted octanol–water partition coefficient (Wildman–Crippen LogP) is 3.45. The van der Waals surface area contributed by atoms with Crippen LogP contribution in [0.15, 0.2) is 23.5 Å². The fourth-order valence-electron chi connectivity index (χ4n) is 2.05. The first kappa shape index (κ1) is 14.2. The van der Waals surface area contributed by atoms with Gasteiger partial charge in [-0.05, 0) is 49.8 Å². The number of halogens is 2. The molecule has 1 rings (SSSR count). The molecule has 2 atom stereocenters. The lowest BCUT2D eigenvalue weighted by atomic mass is 9.82. The van der Waals surface area contributed by atoms with Crippen LogP contribution in [0.1, 0.15) is 33.1 Å². The van der Waals surface area contributed by atoms with Crippen molar-refractivity contribution in [2.24, 2.45) is 17.6 Å². The Morgan fingerprint density at radius 2 is 2.06 bits per heavy atom. The van der Waals surface area contributed by atoms with E-state index in [2.05, 4.69) is 11.7 Å². The molecule has 0 saturated heterocycles. The normalized spacial score (nSPS) is 24.6. The first-order valence-electron chi connectivity index (χ1n) is 6.11. The molecule has 98 valence electrons. The summed E-state index contributed by atoms with van der Waals surface area (Å²) in [6, 6.07) is 0. The van der Waals surface area contributed by atoms with Crippen molar-refractivity contribution in [3.63, 3.8) is 0 Å². The highest BCUT2D eigenvalue weighted by atomic mass is 19.3. The van der Waals surface area contributed by atoms with E-state index in [9.17, 15) is 8.78 Å². The summed E-state index contributed by atoms with van der Waals surface area (Å²) < 4.78 is 28.8. The van der Waals surface area contributed by atoms with Crippen LogP contribution in [0, 0.1) is 11.8 Å². The van der Waals surface area contributed by atoms with Crippen molar-refractivity contribution >= 4 is 0 Å². The molecule has 0 amide bonds. The Kier molecular flexibility index (Phi) is 5.62. The average Bonchev–Trinajstić information content (AvgIpc) is 2.24. The number of hydrogen-bond donors (Lipinski definition) is 1. The van der Waals surface area contributed by atoms with Gasteiger partial charge in [0.2, 0.25) is 0 Å². The van der Waals surface area contributed by atoms with E-state index in [-0.39, 0.29) is 5.92 Å². The summed E-state index contributed by atoms with van der Waals surface area (Å²) in [5, 5.41) is 0. The topological polar surface area (TPSA) is 35.2 Å². The minimum Gasteiger partial charge on any atom is -0.435 e. The molecule has 0 heterocycles. The second kappa shape index (κ2) is 6.74. The molecule has 0 bridgehead atoms. The SMILES string of the molecule is CC1C=C(OC(F)F)C=C(CCCCN)C1C. The van der Waals surface area contributed by atoms with Gasteiger partial charge in [-0.1, -0.05) is 19.4 Å². The Bertz CT molecular complexity index is 300. The zero-order valence-corrected chi connectivity index (χ0v) is 10.5. The molecule has 2 N–H and O–H groups in total. The molecule has 4 heteroatoms. The number of nitrogens with two attached hydrogens (primary N) is 1. The van der Waals surface area contributed by atoms with Gasteiger partial charge in [0.15, 0.2) is 0 Å². The lowest BCUT2D eigenvalue weighted by Gasteiger charge is -2.26. The highest BCUT2D eigenvalue weighted by Gasteiger charge is 2.21. The van der Waals surface area contributed by atoms with E-state index in [0.29, 0.717) is 18.2 Å². The quantitative estimate of drug-likeness (QED) is 0.727. The van der Waals surface area contributed by atoms with E-state index in [4.69, 9.17) is 5.73 Å². The average molecular weight is 245 g/mol. The third-order valence-electron chi connectivity index (χ3n) is 3.27. The van der Waals surface area contributed by atoms with Crippen molar-refractivity contribution in [1.29, 1.82) is 0 Å². The van der Waals surface area contributed by atoms with Gasteiger partial charge in [-0.25, -0.2) is 0 Å². The van der Waals surface area contributed by atoms with Crippen LogP contribution in [0.3, 0.4) is 0 Å². The molecule has 17 heavy (non-hydrogen) atoms. The zero-order valence-electron chi connectivity index (χ0n) is 10.5. The summed E-state index contributed by atoms with van der Waals surface area (Å²) in [6.45, 7) is 2.07. The predicted molar refractivity (Wildman–Crippen MR) is 64.5 cm³/mol. The van der Waals surface area contributed by atoms with Crippen molar-refractivity contribution in [1.82, 2.24) is 0 Å². The third-order valence-corrected chi connectivity index (χ3v) is 3.27. The second-order valence-electron chi connectivity index (χ2n) is 4.56. The first-order valence-corrected chi connectivity index (χ1v) is 6.11. The summed E-state index contributed by atoms with van der Waals surface area (Å²) >= 11 is 0.